The highest BCUT2D eigenvalue weighted by molar-refractivity contribution is 7.11. The number of rotatable bonds is 8. The molecule has 3 heterocycles. The largest absolute Gasteiger partial charge is 0.463 e. The van der Waals surface area contributed by atoms with Crippen LogP contribution in [0.3, 0.4) is 0 Å². The van der Waals surface area contributed by atoms with Gasteiger partial charge in [-0.25, -0.2) is 9.78 Å². The number of carbonyl (C=O) groups excluding carboxylic acids is 2. The number of piperidine rings is 1. The number of amidine groups is 1. The van der Waals surface area contributed by atoms with Gasteiger partial charge in [0, 0.05) is 45.5 Å². The molecule has 0 unspecified atom stereocenters. The molecule has 8 nitrogen and oxygen atoms in total. The predicted octanol–water partition coefficient (Wildman–Crippen LogP) is 4.74. The molecular formula is C26H31Cl2N5O3S. The van der Waals surface area contributed by atoms with Crippen LogP contribution >= 0.6 is 34.5 Å². The molecule has 1 saturated heterocycles. The monoisotopic (exact) mass is 563 g/mol. The summed E-state index contributed by atoms with van der Waals surface area (Å²) >= 11 is 14.2. The summed E-state index contributed by atoms with van der Waals surface area (Å²) in [6, 6.07) is 4.15. The first kappa shape index (κ1) is 27.6. The van der Waals surface area contributed by atoms with E-state index in [1.54, 1.807) is 31.3 Å². The Hall–Kier alpha value is -2.46. The summed E-state index contributed by atoms with van der Waals surface area (Å²) in [6.07, 6.45) is 4.39. The fourth-order valence-corrected chi connectivity index (χ4v) is 5.73. The van der Waals surface area contributed by atoms with E-state index in [1.807, 2.05) is 19.2 Å². The van der Waals surface area contributed by atoms with Gasteiger partial charge in [-0.2, -0.15) is 0 Å². The van der Waals surface area contributed by atoms with Gasteiger partial charge in [-0.3, -0.25) is 14.7 Å². The lowest BCUT2D eigenvalue weighted by molar-refractivity contribution is -0.139. The number of aliphatic imine (C=N–C) groups is 1. The summed E-state index contributed by atoms with van der Waals surface area (Å²) in [5.41, 5.74) is 1.62. The number of likely N-dealkylation sites (tertiary alicyclic amines) is 1. The lowest BCUT2D eigenvalue weighted by Gasteiger charge is -2.37. The van der Waals surface area contributed by atoms with Gasteiger partial charge >= 0.3 is 5.97 Å². The second-order valence-electron chi connectivity index (χ2n) is 9.27. The van der Waals surface area contributed by atoms with Crippen LogP contribution in [0.25, 0.3) is 0 Å². The van der Waals surface area contributed by atoms with Gasteiger partial charge < -0.3 is 15.4 Å². The number of esters is 1. The highest BCUT2D eigenvalue weighted by atomic mass is 35.5. The minimum atomic E-state index is -0.730. The molecule has 11 heteroatoms. The number of halogens is 2. The molecule has 0 bridgehead atoms. The Morgan fingerprint density at radius 3 is 2.78 bits per heavy atom. The summed E-state index contributed by atoms with van der Waals surface area (Å²) in [7, 11) is 0. The molecule has 2 N–H and O–H groups in total. The molecule has 1 aromatic carbocycles. The summed E-state index contributed by atoms with van der Waals surface area (Å²) in [5.74, 6) is 0.0484. The lowest BCUT2D eigenvalue weighted by Crippen LogP contribution is -2.52. The Morgan fingerprint density at radius 1 is 1.30 bits per heavy atom. The van der Waals surface area contributed by atoms with Crippen molar-refractivity contribution in [2.45, 2.75) is 58.2 Å². The first-order valence-electron chi connectivity index (χ1n) is 12.4. The van der Waals surface area contributed by atoms with Crippen LogP contribution in [0.15, 0.2) is 46.0 Å². The van der Waals surface area contributed by atoms with Crippen molar-refractivity contribution in [1.82, 2.24) is 20.5 Å². The van der Waals surface area contributed by atoms with Crippen LogP contribution in [0.5, 0.6) is 0 Å². The van der Waals surface area contributed by atoms with Gasteiger partial charge in [0.25, 0.3) is 0 Å². The molecule has 1 amide bonds. The molecular weight excluding hydrogens is 533 g/mol. The Kier molecular flexibility index (Phi) is 9.23. The van der Waals surface area contributed by atoms with Crippen molar-refractivity contribution in [3.8, 4) is 0 Å². The van der Waals surface area contributed by atoms with Gasteiger partial charge in [-0.05, 0) is 52.3 Å². The van der Waals surface area contributed by atoms with Crippen LogP contribution in [0.1, 0.15) is 56.6 Å². The average molecular weight is 565 g/mol. The molecule has 2 atom stereocenters. The number of aromatic nitrogens is 1. The molecule has 0 radical (unpaired) electrons. The number of thiazole rings is 1. The average Bonchev–Trinajstić information content (AvgIpc) is 3.39. The summed E-state index contributed by atoms with van der Waals surface area (Å²) in [5, 5.41) is 9.83. The Bertz CT molecular complexity index is 1200. The third-order valence-corrected chi connectivity index (χ3v) is 7.56. The van der Waals surface area contributed by atoms with Gasteiger partial charge in [0.05, 0.1) is 18.2 Å². The third kappa shape index (κ3) is 6.52. The van der Waals surface area contributed by atoms with E-state index in [0.29, 0.717) is 44.3 Å². The number of benzene rings is 1. The van der Waals surface area contributed by atoms with Crippen LogP contribution in [0.4, 0.5) is 0 Å². The zero-order valence-corrected chi connectivity index (χ0v) is 23.4. The third-order valence-electron chi connectivity index (χ3n) is 6.22. The summed E-state index contributed by atoms with van der Waals surface area (Å²) < 4.78 is 5.48. The molecule has 2 aliphatic heterocycles. The molecule has 1 fully saturated rings. The normalized spacial score (nSPS) is 20.4. The molecule has 4 rings (SSSR count). The van der Waals surface area contributed by atoms with Crippen molar-refractivity contribution in [3.05, 3.63) is 61.7 Å². The molecule has 0 aliphatic carbocycles. The molecule has 2 aliphatic rings. The maximum absolute atomic E-state index is 13.4. The van der Waals surface area contributed by atoms with Crippen molar-refractivity contribution in [3.63, 3.8) is 0 Å². The van der Waals surface area contributed by atoms with Gasteiger partial charge in [0.15, 0.2) is 10.8 Å². The summed E-state index contributed by atoms with van der Waals surface area (Å²) in [6.45, 7) is 6.95. The molecule has 2 aromatic rings. The first-order valence-corrected chi connectivity index (χ1v) is 14.1. The Balaban J connectivity index is 1.79. The second-order valence-corrected chi connectivity index (χ2v) is 11.0. The number of amides is 1. The molecule has 198 valence electrons. The van der Waals surface area contributed by atoms with Crippen molar-refractivity contribution < 1.29 is 14.3 Å². The van der Waals surface area contributed by atoms with Gasteiger partial charge in [-0.1, -0.05) is 35.7 Å². The van der Waals surface area contributed by atoms with Gasteiger partial charge in [0.1, 0.15) is 6.04 Å². The maximum atomic E-state index is 13.4. The second kappa shape index (κ2) is 12.4. The quantitative estimate of drug-likeness (QED) is 0.450. The van der Waals surface area contributed by atoms with E-state index in [0.717, 1.165) is 25.8 Å². The van der Waals surface area contributed by atoms with E-state index < -0.39 is 12.0 Å². The van der Waals surface area contributed by atoms with Gasteiger partial charge in [0.2, 0.25) is 5.91 Å². The number of hydrogen-bond acceptors (Lipinski definition) is 8. The lowest BCUT2D eigenvalue weighted by atomic mass is 9.94. The van der Waals surface area contributed by atoms with E-state index in [1.165, 1.54) is 11.3 Å². The number of nitrogens with zero attached hydrogens (tertiary/aromatic N) is 3. The zero-order valence-electron chi connectivity index (χ0n) is 21.1. The Morgan fingerprint density at radius 2 is 2.11 bits per heavy atom. The molecule has 0 spiro atoms. The van der Waals surface area contributed by atoms with Crippen LogP contribution < -0.4 is 10.6 Å². The van der Waals surface area contributed by atoms with Crippen LogP contribution in [-0.4, -0.2) is 59.4 Å². The van der Waals surface area contributed by atoms with E-state index >= 15 is 0 Å². The Labute approximate surface area is 231 Å². The fraction of sp³-hybridized carbons (Fsp3) is 0.462. The van der Waals surface area contributed by atoms with Crippen molar-refractivity contribution >= 4 is 52.3 Å². The number of nitrogens with one attached hydrogen (secondary N) is 2. The highest BCUT2D eigenvalue weighted by Crippen LogP contribution is 2.38. The number of ether oxygens (including phenoxy) is 1. The number of carbonyl (C=O) groups is 2. The number of hydrogen-bond donors (Lipinski definition) is 2. The van der Waals surface area contributed by atoms with Crippen LogP contribution in [0, 0.1) is 0 Å². The molecule has 1 aromatic heterocycles. The van der Waals surface area contributed by atoms with E-state index in [2.05, 4.69) is 20.5 Å². The van der Waals surface area contributed by atoms with E-state index in [-0.39, 0.29) is 24.6 Å². The molecule has 37 heavy (non-hydrogen) atoms. The van der Waals surface area contributed by atoms with Gasteiger partial charge in [-0.15, -0.1) is 11.3 Å². The molecule has 0 saturated carbocycles. The maximum Gasteiger partial charge on any atom is 0.338 e. The fourth-order valence-electron chi connectivity index (χ4n) is 4.63. The standard InChI is InChI=1S/C26H31Cl2N5O3S/c1-4-36-26(35)21-19(14-33-11-6-5-7-20(33)24(34)30-15(2)3)31-23(25-29-10-12-37-25)32-22(21)17-9-8-16(27)13-18(17)28/h8-10,12-13,15,20,22H,4-7,11,14H2,1-3H3,(H,30,34)(H,31,32)/t20-,22-/m0/s1. The van der Waals surface area contributed by atoms with Crippen molar-refractivity contribution in [2.24, 2.45) is 4.99 Å². The summed E-state index contributed by atoms with van der Waals surface area (Å²) in [4.78, 5) is 37.9. The smallest absolute Gasteiger partial charge is 0.338 e. The minimum absolute atomic E-state index is 0.00472. The SMILES string of the molecule is CCOC(=O)C1=C(CN2CCCC[C@H]2C(=O)NC(C)C)NC(c2nccs2)=N[C@H]1c1ccc(Cl)cc1Cl. The first-order chi connectivity index (χ1) is 17.8. The van der Waals surface area contributed by atoms with E-state index in [9.17, 15) is 9.59 Å². The zero-order chi connectivity index (χ0) is 26.5. The van der Waals surface area contributed by atoms with Crippen molar-refractivity contribution in [2.75, 3.05) is 19.7 Å². The highest BCUT2D eigenvalue weighted by Gasteiger charge is 2.37. The minimum Gasteiger partial charge on any atom is -0.463 e. The predicted molar refractivity (Wildman–Crippen MR) is 147 cm³/mol. The van der Waals surface area contributed by atoms with Crippen LogP contribution in [-0.2, 0) is 14.3 Å². The van der Waals surface area contributed by atoms with E-state index in [4.69, 9.17) is 32.9 Å². The van der Waals surface area contributed by atoms with Crippen LogP contribution in [0.2, 0.25) is 10.0 Å². The topological polar surface area (TPSA) is 95.9 Å². The van der Waals surface area contributed by atoms with Crippen molar-refractivity contribution in [1.29, 1.82) is 0 Å².